The van der Waals surface area contributed by atoms with Gasteiger partial charge in [-0.25, -0.2) is 0 Å². The fraction of sp³-hybridized carbons (Fsp3) is 0.500. The van der Waals surface area contributed by atoms with Crippen LogP contribution < -0.4 is 15.3 Å². The van der Waals surface area contributed by atoms with Gasteiger partial charge in [-0.2, -0.15) is 0 Å². The summed E-state index contributed by atoms with van der Waals surface area (Å²) in [6.45, 7) is 2.92. The van der Waals surface area contributed by atoms with E-state index in [1.54, 1.807) is 0 Å². The zero-order valence-electron chi connectivity index (χ0n) is 7.45. The number of aliphatic carboxylic acids is 3. The zero-order chi connectivity index (χ0) is 10.7. The molecule has 1 radical (unpaired) electrons. The van der Waals surface area contributed by atoms with E-state index in [1.165, 1.54) is 0 Å². The summed E-state index contributed by atoms with van der Waals surface area (Å²) in [5.41, 5.74) is 0. The molecule has 0 aliphatic heterocycles. The van der Waals surface area contributed by atoms with E-state index >= 15 is 0 Å². The average molecular weight is 268 g/mol. The summed E-state index contributed by atoms with van der Waals surface area (Å²) in [7, 11) is 0. The van der Waals surface area contributed by atoms with Crippen molar-refractivity contribution in [2.75, 3.05) is 0 Å². The Labute approximate surface area is 94.7 Å². The Morgan fingerprint density at radius 1 is 0.692 bits per heavy atom. The van der Waals surface area contributed by atoms with Gasteiger partial charge >= 0.3 is 26.2 Å². The van der Waals surface area contributed by atoms with Crippen LogP contribution in [0.2, 0.25) is 0 Å². The SMILES string of the molecule is CC(=O)[O-].CC(=O)[O-].CC(=O)[O-].[Zr+3]. The molecule has 0 rings (SSSR count). The Kier molecular flexibility index (Phi) is 30.5. The molecule has 0 amide bonds. The van der Waals surface area contributed by atoms with Crippen LogP contribution in [-0.4, -0.2) is 17.9 Å². The fourth-order valence-electron chi connectivity index (χ4n) is 0. The average Bonchev–Trinajstić information content (AvgIpc) is 1.54. The predicted octanol–water partition coefficient (Wildman–Crippen LogP) is -3.73. The molecule has 0 N–H and O–H groups in total. The van der Waals surface area contributed by atoms with Gasteiger partial charge in [0, 0.05) is 17.9 Å². The maximum atomic E-state index is 8.89. The number of carboxylic acid groups (broad SMARTS) is 3. The van der Waals surface area contributed by atoms with Crippen molar-refractivity contribution in [2.24, 2.45) is 0 Å². The van der Waals surface area contributed by atoms with Crippen LogP contribution in [0.3, 0.4) is 0 Å². The summed E-state index contributed by atoms with van der Waals surface area (Å²) in [6.07, 6.45) is 0. The van der Waals surface area contributed by atoms with Crippen molar-refractivity contribution in [3.8, 4) is 0 Å². The van der Waals surface area contributed by atoms with E-state index < -0.39 is 17.9 Å². The Morgan fingerprint density at radius 2 is 0.692 bits per heavy atom. The largest absolute Gasteiger partial charge is 3.00 e. The first kappa shape index (κ1) is 22.8. The van der Waals surface area contributed by atoms with Gasteiger partial charge in [-0.3, -0.25) is 0 Å². The molecule has 6 nitrogen and oxygen atoms in total. The first-order valence-corrected chi connectivity index (χ1v) is 2.72. The van der Waals surface area contributed by atoms with E-state index in [1.807, 2.05) is 0 Å². The minimum atomic E-state index is -1.08. The molecule has 0 aromatic carbocycles. The molecule has 0 heterocycles. The molecular weight excluding hydrogens is 259 g/mol. The normalized spacial score (nSPS) is 5.77. The van der Waals surface area contributed by atoms with E-state index in [0.29, 0.717) is 0 Å². The predicted molar refractivity (Wildman–Crippen MR) is 32.0 cm³/mol. The van der Waals surface area contributed by atoms with Crippen molar-refractivity contribution in [3.63, 3.8) is 0 Å². The van der Waals surface area contributed by atoms with Gasteiger partial charge in [-0.05, 0) is 20.8 Å². The third-order valence-corrected chi connectivity index (χ3v) is 0. The summed E-state index contributed by atoms with van der Waals surface area (Å²) in [5.74, 6) is -3.25. The second-order valence-electron chi connectivity index (χ2n) is 1.47. The summed E-state index contributed by atoms with van der Waals surface area (Å²) in [5, 5.41) is 26.7. The quantitative estimate of drug-likeness (QED) is 0.445. The van der Waals surface area contributed by atoms with Gasteiger partial charge in [0.1, 0.15) is 0 Å². The Morgan fingerprint density at radius 3 is 0.692 bits per heavy atom. The molecule has 0 spiro atoms. The van der Waals surface area contributed by atoms with E-state index in [0.717, 1.165) is 20.8 Å². The Bertz CT molecular complexity index is 115. The van der Waals surface area contributed by atoms with Crippen molar-refractivity contribution in [3.05, 3.63) is 0 Å². The molecular formula is C6H9O6Zr. The fourth-order valence-corrected chi connectivity index (χ4v) is 0. The molecule has 0 fully saturated rings. The second-order valence-corrected chi connectivity index (χ2v) is 1.47. The first-order valence-electron chi connectivity index (χ1n) is 2.72. The number of carbonyl (C=O) groups is 3. The van der Waals surface area contributed by atoms with Crippen LogP contribution in [0.15, 0.2) is 0 Å². The number of hydrogen-bond acceptors (Lipinski definition) is 6. The first-order chi connectivity index (χ1) is 5.20. The Balaban J connectivity index is -0.0000000450. The molecule has 0 saturated carbocycles. The van der Waals surface area contributed by atoms with Gasteiger partial charge in [0.2, 0.25) is 0 Å². The van der Waals surface area contributed by atoms with Crippen LogP contribution in [-0.2, 0) is 40.6 Å². The molecule has 7 heteroatoms. The van der Waals surface area contributed by atoms with Gasteiger partial charge in [0.15, 0.2) is 0 Å². The third kappa shape index (κ3) is 1950. The van der Waals surface area contributed by atoms with E-state index in [4.69, 9.17) is 29.7 Å². The molecule has 0 atom stereocenters. The van der Waals surface area contributed by atoms with Crippen LogP contribution >= 0.6 is 0 Å². The van der Waals surface area contributed by atoms with E-state index in [2.05, 4.69) is 0 Å². The van der Waals surface area contributed by atoms with Crippen molar-refractivity contribution in [1.82, 2.24) is 0 Å². The van der Waals surface area contributed by atoms with Gasteiger partial charge in [0.05, 0.1) is 0 Å². The summed E-state index contributed by atoms with van der Waals surface area (Å²) in [4.78, 5) is 26.7. The van der Waals surface area contributed by atoms with Crippen LogP contribution in [0.5, 0.6) is 0 Å². The molecule has 0 aromatic rings. The van der Waals surface area contributed by atoms with Gasteiger partial charge in [-0.1, -0.05) is 0 Å². The maximum Gasteiger partial charge on any atom is 3.00 e. The molecule has 73 valence electrons. The van der Waals surface area contributed by atoms with Crippen molar-refractivity contribution < 1.29 is 55.9 Å². The van der Waals surface area contributed by atoms with Crippen LogP contribution in [0.25, 0.3) is 0 Å². The van der Waals surface area contributed by atoms with Crippen molar-refractivity contribution in [1.29, 1.82) is 0 Å². The summed E-state index contributed by atoms with van der Waals surface area (Å²) < 4.78 is 0. The summed E-state index contributed by atoms with van der Waals surface area (Å²) >= 11 is 0. The smallest absolute Gasteiger partial charge is 0.550 e. The topological polar surface area (TPSA) is 120 Å². The van der Waals surface area contributed by atoms with Gasteiger partial charge in [-0.15, -0.1) is 0 Å². The Hall–Kier alpha value is -0.707. The number of hydrogen-bond donors (Lipinski definition) is 0. The molecule has 0 bridgehead atoms. The molecule has 0 unspecified atom stereocenters. The minimum absolute atomic E-state index is 0. The zero-order valence-corrected chi connectivity index (χ0v) is 9.91. The number of carboxylic acids is 3. The minimum Gasteiger partial charge on any atom is -0.550 e. The van der Waals surface area contributed by atoms with Gasteiger partial charge < -0.3 is 29.7 Å². The molecule has 13 heavy (non-hydrogen) atoms. The summed E-state index contributed by atoms with van der Waals surface area (Å²) in [6, 6.07) is 0. The second kappa shape index (κ2) is 17.4. The van der Waals surface area contributed by atoms with E-state index in [-0.39, 0.29) is 26.2 Å². The maximum absolute atomic E-state index is 8.89. The number of carbonyl (C=O) groups excluding carboxylic acids is 3. The molecule has 0 aliphatic carbocycles. The van der Waals surface area contributed by atoms with E-state index in [9.17, 15) is 0 Å². The molecule has 0 aliphatic rings. The molecule has 0 aromatic heterocycles. The third-order valence-electron chi connectivity index (χ3n) is 0. The van der Waals surface area contributed by atoms with Gasteiger partial charge in [0.25, 0.3) is 0 Å². The monoisotopic (exact) mass is 267 g/mol. The molecule has 0 saturated heterocycles. The van der Waals surface area contributed by atoms with Crippen LogP contribution in [0.1, 0.15) is 20.8 Å². The van der Waals surface area contributed by atoms with Crippen LogP contribution in [0.4, 0.5) is 0 Å². The standard InChI is InChI=1S/3C2H4O2.Zr/c3*1-2(3)4;/h3*1H3,(H,3,4);/q;;;+3/p-3. The van der Waals surface area contributed by atoms with Crippen molar-refractivity contribution >= 4 is 17.9 Å². The van der Waals surface area contributed by atoms with Crippen LogP contribution in [0, 0.1) is 0 Å². The number of rotatable bonds is 0. The van der Waals surface area contributed by atoms with Crippen molar-refractivity contribution in [2.45, 2.75) is 20.8 Å².